The Bertz CT molecular complexity index is 2890. The number of rotatable bonds is 5. The molecular formula is C47H29N3O. The number of hydrogen-bond donors (Lipinski definition) is 0. The lowest BCUT2D eigenvalue weighted by Crippen LogP contribution is -2.02. The highest BCUT2D eigenvalue weighted by Crippen LogP contribution is 2.43. The first-order chi connectivity index (χ1) is 25.3. The number of aromatic nitrogens is 3. The molecule has 0 aliphatic carbocycles. The first-order valence-corrected chi connectivity index (χ1v) is 17.1. The number of benzene rings is 8. The molecule has 0 saturated carbocycles. The van der Waals surface area contributed by atoms with Crippen LogP contribution in [0.5, 0.6) is 0 Å². The van der Waals surface area contributed by atoms with Crippen LogP contribution in [0.4, 0.5) is 0 Å². The van der Waals surface area contributed by atoms with Crippen LogP contribution >= 0.6 is 0 Å². The van der Waals surface area contributed by atoms with Crippen LogP contribution in [-0.2, 0) is 0 Å². The molecule has 4 heteroatoms. The highest BCUT2D eigenvalue weighted by Gasteiger charge is 2.21. The van der Waals surface area contributed by atoms with Crippen molar-refractivity contribution in [3.8, 4) is 56.6 Å². The molecule has 0 spiro atoms. The predicted octanol–water partition coefficient (Wildman–Crippen LogP) is 12.4. The van der Waals surface area contributed by atoms with Gasteiger partial charge in [0.05, 0.1) is 0 Å². The van der Waals surface area contributed by atoms with Gasteiger partial charge in [0.1, 0.15) is 5.58 Å². The monoisotopic (exact) mass is 651 g/mol. The van der Waals surface area contributed by atoms with Crippen molar-refractivity contribution < 1.29 is 4.42 Å². The van der Waals surface area contributed by atoms with E-state index >= 15 is 0 Å². The zero-order chi connectivity index (χ0) is 33.7. The maximum Gasteiger partial charge on any atom is 0.199 e. The Hall–Kier alpha value is -6.91. The molecule has 0 atom stereocenters. The maximum atomic E-state index is 6.37. The van der Waals surface area contributed by atoms with Crippen LogP contribution in [0.1, 0.15) is 0 Å². The second-order valence-corrected chi connectivity index (χ2v) is 12.8. The van der Waals surface area contributed by atoms with Crippen LogP contribution < -0.4 is 0 Å². The summed E-state index contributed by atoms with van der Waals surface area (Å²) in [4.78, 5) is 15.6. The fraction of sp³-hybridized carbons (Fsp3) is 0. The summed E-state index contributed by atoms with van der Waals surface area (Å²) in [5.41, 5.74) is 6.97. The molecule has 0 unspecified atom stereocenters. The zero-order valence-corrected chi connectivity index (χ0v) is 27.5. The van der Waals surface area contributed by atoms with Crippen molar-refractivity contribution in [1.82, 2.24) is 15.0 Å². The van der Waals surface area contributed by atoms with Crippen molar-refractivity contribution in [3.63, 3.8) is 0 Å². The van der Waals surface area contributed by atoms with Gasteiger partial charge in [0.25, 0.3) is 0 Å². The Morgan fingerprint density at radius 1 is 0.333 bits per heavy atom. The highest BCUT2D eigenvalue weighted by atomic mass is 16.3. The molecule has 0 fully saturated rings. The molecule has 0 bridgehead atoms. The van der Waals surface area contributed by atoms with Crippen molar-refractivity contribution >= 4 is 43.3 Å². The van der Waals surface area contributed by atoms with Gasteiger partial charge in [-0.2, -0.15) is 0 Å². The van der Waals surface area contributed by atoms with Gasteiger partial charge in [0.2, 0.25) is 0 Å². The van der Waals surface area contributed by atoms with Gasteiger partial charge in [-0.3, -0.25) is 0 Å². The molecule has 10 rings (SSSR count). The van der Waals surface area contributed by atoms with Gasteiger partial charge in [0, 0.05) is 16.5 Å². The number of fused-ring (bicyclic) bond motifs is 5. The van der Waals surface area contributed by atoms with E-state index in [1.807, 2.05) is 42.5 Å². The van der Waals surface area contributed by atoms with Crippen molar-refractivity contribution in [3.05, 3.63) is 176 Å². The minimum absolute atomic E-state index is 0.484. The largest absolute Gasteiger partial charge is 0.453 e. The number of para-hydroxylation sites is 1. The summed E-state index contributed by atoms with van der Waals surface area (Å²) in [5.74, 6) is 2.24. The Morgan fingerprint density at radius 3 is 1.67 bits per heavy atom. The summed E-state index contributed by atoms with van der Waals surface area (Å²) in [7, 11) is 0. The molecule has 4 nitrogen and oxygen atoms in total. The lowest BCUT2D eigenvalue weighted by molar-refractivity contribution is 0.625. The SMILES string of the molecule is c1ccc(-c2ccccc2-c2nc(-c3cc4ccccc4o3)nc(-c3ccccc3-c3c4ccccc4cc4c3ccc3ccccc34)n2)cc1. The fourth-order valence-corrected chi connectivity index (χ4v) is 7.37. The molecular weight excluding hydrogens is 623 g/mol. The third-order valence-electron chi connectivity index (χ3n) is 9.74. The standard InChI is InChI=1S/C47H29N3O/c1-2-14-30(15-3-1)34-19-9-11-23-39(34)45-48-46(50-47(49-45)43-29-33-18-6-13-25-42(33)51-43)40-24-12-10-22-37(40)44-36-21-8-5-17-32(36)28-41-35-20-7-4-16-31(35)26-27-38(41)44/h1-29H. The van der Waals surface area contributed by atoms with Gasteiger partial charge in [0.15, 0.2) is 23.2 Å². The van der Waals surface area contributed by atoms with Gasteiger partial charge in [-0.25, -0.2) is 15.0 Å². The summed E-state index contributed by atoms with van der Waals surface area (Å²) in [6.45, 7) is 0. The van der Waals surface area contributed by atoms with Crippen LogP contribution in [-0.4, -0.2) is 15.0 Å². The molecule has 0 aliphatic rings. The first kappa shape index (κ1) is 29.0. The minimum atomic E-state index is 0.484. The van der Waals surface area contributed by atoms with Crippen LogP contribution in [0.3, 0.4) is 0 Å². The molecule has 0 saturated heterocycles. The summed E-state index contributed by atoms with van der Waals surface area (Å²) in [6, 6.07) is 61.2. The van der Waals surface area contributed by atoms with Crippen LogP contribution in [0.25, 0.3) is 99.9 Å². The van der Waals surface area contributed by atoms with Gasteiger partial charge >= 0.3 is 0 Å². The van der Waals surface area contributed by atoms with Crippen LogP contribution in [0.2, 0.25) is 0 Å². The van der Waals surface area contributed by atoms with Crippen LogP contribution in [0, 0.1) is 0 Å². The summed E-state index contributed by atoms with van der Waals surface area (Å²) < 4.78 is 6.37. The third kappa shape index (κ3) is 4.96. The quantitative estimate of drug-likeness (QED) is 0.137. The number of nitrogens with zero attached hydrogens (tertiary/aromatic N) is 3. The summed E-state index contributed by atoms with van der Waals surface area (Å²) >= 11 is 0. The maximum absolute atomic E-state index is 6.37. The average Bonchev–Trinajstić information content (AvgIpc) is 3.65. The Morgan fingerprint density at radius 2 is 0.902 bits per heavy atom. The molecule has 238 valence electrons. The fourth-order valence-electron chi connectivity index (χ4n) is 7.37. The van der Waals surface area contributed by atoms with E-state index < -0.39 is 0 Å². The smallest absolute Gasteiger partial charge is 0.199 e. The summed E-state index contributed by atoms with van der Waals surface area (Å²) in [5, 5.41) is 8.20. The number of hydrogen-bond acceptors (Lipinski definition) is 4. The van der Waals surface area contributed by atoms with E-state index in [1.54, 1.807) is 0 Å². The average molecular weight is 652 g/mol. The molecule has 0 aliphatic heterocycles. The van der Waals surface area contributed by atoms with Gasteiger partial charge in [-0.15, -0.1) is 0 Å². The van der Waals surface area contributed by atoms with Crippen molar-refractivity contribution in [2.45, 2.75) is 0 Å². The molecule has 0 amide bonds. The van der Waals surface area contributed by atoms with Gasteiger partial charge < -0.3 is 4.42 Å². The zero-order valence-electron chi connectivity index (χ0n) is 27.5. The molecule has 10 aromatic rings. The Balaban J connectivity index is 1.26. The normalized spacial score (nSPS) is 11.5. The predicted molar refractivity (Wildman–Crippen MR) is 209 cm³/mol. The summed E-state index contributed by atoms with van der Waals surface area (Å²) in [6.07, 6.45) is 0. The lowest BCUT2D eigenvalue weighted by Gasteiger charge is -2.17. The van der Waals surface area contributed by atoms with E-state index in [9.17, 15) is 0 Å². The lowest BCUT2D eigenvalue weighted by atomic mass is 9.88. The molecule has 2 heterocycles. The molecule has 0 N–H and O–H groups in total. The van der Waals surface area contributed by atoms with E-state index in [0.29, 0.717) is 23.2 Å². The van der Waals surface area contributed by atoms with Gasteiger partial charge in [-0.1, -0.05) is 158 Å². The van der Waals surface area contributed by atoms with E-state index in [4.69, 9.17) is 19.4 Å². The second-order valence-electron chi connectivity index (χ2n) is 12.8. The van der Waals surface area contributed by atoms with E-state index in [-0.39, 0.29) is 0 Å². The first-order valence-electron chi connectivity index (χ1n) is 17.1. The number of furan rings is 1. The van der Waals surface area contributed by atoms with Gasteiger partial charge in [-0.05, 0) is 72.8 Å². The third-order valence-corrected chi connectivity index (χ3v) is 9.74. The molecule has 51 heavy (non-hydrogen) atoms. The highest BCUT2D eigenvalue weighted by molar-refractivity contribution is 6.21. The van der Waals surface area contributed by atoms with E-state index in [0.717, 1.165) is 44.3 Å². The topological polar surface area (TPSA) is 51.8 Å². The van der Waals surface area contributed by atoms with E-state index in [1.165, 1.54) is 32.3 Å². The molecule has 0 radical (unpaired) electrons. The van der Waals surface area contributed by atoms with Crippen molar-refractivity contribution in [2.24, 2.45) is 0 Å². The van der Waals surface area contributed by atoms with E-state index in [2.05, 4.69) is 133 Å². The van der Waals surface area contributed by atoms with Crippen LogP contribution in [0.15, 0.2) is 180 Å². The van der Waals surface area contributed by atoms with Crippen molar-refractivity contribution in [1.29, 1.82) is 0 Å². The Labute approximate surface area is 294 Å². The molecule has 8 aromatic carbocycles. The second kappa shape index (κ2) is 11.9. The minimum Gasteiger partial charge on any atom is -0.453 e. The van der Waals surface area contributed by atoms with Crippen molar-refractivity contribution in [2.75, 3.05) is 0 Å². The Kier molecular flexibility index (Phi) is 6.78. The molecule has 2 aromatic heterocycles.